The average Bonchev–Trinajstić information content (AvgIpc) is 3.08. The molecule has 2 unspecified atom stereocenters. The number of hydroxylamine groups is 2. The van der Waals surface area contributed by atoms with E-state index in [-0.39, 0.29) is 16.3 Å². The molecule has 27 heavy (non-hydrogen) atoms. The van der Waals surface area contributed by atoms with Crippen LogP contribution in [0.2, 0.25) is 0 Å². The summed E-state index contributed by atoms with van der Waals surface area (Å²) in [6.07, 6.45) is 1.61. The largest absolute Gasteiger partial charge is 0.363 e. The lowest BCUT2D eigenvalue weighted by molar-refractivity contribution is -0.172. The summed E-state index contributed by atoms with van der Waals surface area (Å²) < 4.78 is 20.9. The number of carbonyl (C=O) groups excluding carboxylic acids is 5. The van der Waals surface area contributed by atoms with E-state index in [2.05, 4.69) is 5.87 Å². The highest BCUT2D eigenvalue weighted by atomic mass is 32.2. The highest BCUT2D eigenvalue weighted by molar-refractivity contribution is 7.96. The normalized spacial score (nSPS) is 21.7. The van der Waals surface area contributed by atoms with Gasteiger partial charge in [-0.2, -0.15) is 0 Å². The zero-order valence-corrected chi connectivity index (χ0v) is 14.4. The van der Waals surface area contributed by atoms with Crippen molar-refractivity contribution in [1.29, 1.82) is 0 Å². The lowest BCUT2D eigenvalue weighted by atomic mass is 10.2. The van der Waals surface area contributed by atoms with Gasteiger partial charge in [-0.05, 0) is 30.1 Å². The van der Waals surface area contributed by atoms with E-state index < -0.39 is 51.1 Å². The van der Waals surface area contributed by atoms with E-state index in [4.69, 9.17) is 4.84 Å². The molecule has 0 spiro atoms. The fourth-order valence-electron chi connectivity index (χ4n) is 2.50. The Balaban J connectivity index is 1.74. The summed E-state index contributed by atoms with van der Waals surface area (Å²) in [4.78, 5) is 64.7. The number of benzene rings is 1. The number of hydrogen-bond acceptors (Lipinski definition) is 7. The molecule has 1 saturated heterocycles. The van der Waals surface area contributed by atoms with Gasteiger partial charge in [0.1, 0.15) is 5.25 Å². The molecule has 1 fully saturated rings. The van der Waals surface area contributed by atoms with E-state index >= 15 is 0 Å². The Hall–Kier alpha value is -3.31. The van der Waals surface area contributed by atoms with E-state index in [0.29, 0.717) is 0 Å². The van der Waals surface area contributed by atoms with Gasteiger partial charge in [0.2, 0.25) is 0 Å². The van der Waals surface area contributed by atoms with E-state index in [1.165, 1.54) is 24.3 Å². The van der Waals surface area contributed by atoms with Gasteiger partial charge in [0.05, 0.1) is 27.5 Å². The predicted molar refractivity (Wildman–Crippen MR) is 91.6 cm³/mol. The van der Waals surface area contributed by atoms with Crippen LogP contribution in [0, 0.1) is 0 Å². The third-order valence-corrected chi connectivity index (χ3v) is 5.11. The van der Waals surface area contributed by atoms with Crippen LogP contribution in [0.25, 0.3) is 0 Å². The van der Waals surface area contributed by atoms with Crippen LogP contribution in [0.15, 0.2) is 36.4 Å². The Morgan fingerprint density at radius 2 is 1.67 bits per heavy atom. The van der Waals surface area contributed by atoms with Crippen LogP contribution in [-0.2, 0) is 33.8 Å². The van der Waals surface area contributed by atoms with Crippen molar-refractivity contribution in [1.82, 2.24) is 5.06 Å². The van der Waals surface area contributed by atoms with Crippen LogP contribution in [-0.4, -0.2) is 54.5 Å². The molecule has 0 saturated carbocycles. The summed E-state index contributed by atoms with van der Waals surface area (Å²) >= 11 is 0. The standard InChI is InChI=1S/C16H12N2O8S/c1-27(24,25)11-8-14(21)18(15(11)22)26-16(23)9-2-4-10(5-3-9)17-12(19)6-7-13(17)20/h2-7,11H,1,8H2,(H,24,25). The third-order valence-electron chi connectivity index (χ3n) is 3.85. The molecule has 0 radical (unpaired) electrons. The smallest absolute Gasteiger partial charge is 0.325 e. The monoisotopic (exact) mass is 392 g/mol. The number of carbonyl (C=O) groups is 5. The maximum Gasteiger partial charge on any atom is 0.363 e. The minimum Gasteiger partial charge on any atom is -0.325 e. The van der Waals surface area contributed by atoms with Gasteiger partial charge in [0, 0.05) is 12.2 Å². The molecule has 1 aromatic carbocycles. The van der Waals surface area contributed by atoms with Crippen molar-refractivity contribution in [3.63, 3.8) is 0 Å². The second-order valence-electron chi connectivity index (χ2n) is 5.68. The minimum atomic E-state index is -3.82. The Morgan fingerprint density at radius 3 is 2.15 bits per heavy atom. The van der Waals surface area contributed by atoms with Crippen LogP contribution in [0.1, 0.15) is 16.8 Å². The van der Waals surface area contributed by atoms with Crippen molar-refractivity contribution >= 4 is 51.0 Å². The molecule has 2 heterocycles. The molecule has 2 atom stereocenters. The van der Waals surface area contributed by atoms with Gasteiger partial charge in [0.15, 0.2) is 0 Å². The molecular formula is C16H12N2O8S. The van der Waals surface area contributed by atoms with Gasteiger partial charge in [-0.15, -0.1) is 5.06 Å². The number of amides is 4. The minimum absolute atomic E-state index is 0.0748. The first-order valence-electron chi connectivity index (χ1n) is 7.43. The van der Waals surface area contributed by atoms with Crippen molar-refractivity contribution in [3.05, 3.63) is 42.0 Å². The summed E-state index contributed by atoms with van der Waals surface area (Å²) in [5.41, 5.74) is 0.145. The van der Waals surface area contributed by atoms with Gasteiger partial charge < -0.3 is 9.39 Å². The maximum atomic E-state index is 12.1. The summed E-state index contributed by atoms with van der Waals surface area (Å²) in [5, 5.41) is -1.45. The van der Waals surface area contributed by atoms with Crippen LogP contribution in [0.3, 0.4) is 0 Å². The summed E-state index contributed by atoms with van der Waals surface area (Å²) in [7, 11) is -3.82. The molecular weight excluding hydrogens is 380 g/mol. The quantitative estimate of drug-likeness (QED) is 0.535. The van der Waals surface area contributed by atoms with Crippen LogP contribution >= 0.6 is 0 Å². The molecule has 3 rings (SSSR count). The molecule has 1 N–H and O–H groups in total. The molecule has 2 aliphatic rings. The van der Waals surface area contributed by atoms with Crippen LogP contribution in [0.4, 0.5) is 5.69 Å². The zero-order valence-electron chi connectivity index (χ0n) is 13.6. The Labute approximate surface area is 152 Å². The molecule has 10 nitrogen and oxygen atoms in total. The fourth-order valence-corrected chi connectivity index (χ4v) is 3.32. The number of anilines is 1. The van der Waals surface area contributed by atoms with Crippen molar-refractivity contribution in [2.45, 2.75) is 11.7 Å². The molecule has 4 amide bonds. The Morgan fingerprint density at radius 1 is 1.11 bits per heavy atom. The summed E-state index contributed by atoms with van der Waals surface area (Å²) in [5.74, 6) is -1.27. The lowest BCUT2D eigenvalue weighted by Gasteiger charge is -2.15. The van der Waals surface area contributed by atoms with Crippen LogP contribution in [0.5, 0.6) is 0 Å². The SMILES string of the molecule is C=S(=O)(O)C1CC(=O)N(OC(=O)c2ccc(N3C(=O)C=CC3=O)cc2)C1=O. The fraction of sp³-hybridized carbons (Fsp3) is 0.125. The second-order valence-corrected chi connectivity index (χ2v) is 7.63. The average molecular weight is 392 g/mol. The predicted octanol–water partition coefficient (Wildman–Crippen LogP) is -0.495. The first kappa shape index (κ1) is 18.5. The molecule has 2 aliphatic heterocycles. The van der Waals surface area contributed by atoms with Crippen molar-refractivity contribution in [2.24, 2.45) is 0 Å². The van der Waals surface area contributed by atoms with Crippen molar-refractivity contribution in [3.8, 4) is 0 Å². The van der Waals surface area contributed by atoms with E-state index in [9.17, 15) is 32.7 Å². The Bertz CT molecular complexity index is 991. The second kappa shape index (κ2) is 6.45. The summed E-state index contributed by atoms with van der Waals surface area (Å²) in [6.45, 7) is 0. The van der Waals surface area contributed by atoms with Gasteiger partial charge in [-0.3, -0.25) is 19.2 Å². The highest BCUT2D eigenvalue weighted by Gasteiger charge is 2.45. The topological polar surface area (TPSA) is 138 Å². The Kier molecular flexibility index (Phi) is 4.41. The zero-order chi connectivity index (χ0) is 19.9. The number of nitrogens with zero attached hydrogens (tertiary/aromatic N) is 2. The molecule has 0 aromatic heterocycles. The number of hydrogen-bond donors (Lipinski definition) is 1. The van der Waals surface area contributed by atoms with Gasteiger partial charge >= 0.3 is 5.97 Å². The first-order valence-corrected chi connectivity index (χ1v) is 9.18. The van der Waals surface area contributed by atoms with E-state index in [0.717, 1.165) is 17.1 Å². The van der Waals surface area contributed by atoms with Gasteiger partial charge in [-0.1, -0.05) is 0 Å². The first-order chi connectivity index (χ1) is 12.6. The molecule has 0 aliphatic carbocycles. The highest BCUT2D eigenvalue weighted by Crippen LogP contribution is 2.22. The van der Waals surface area contributed by atoms with Crippen molar-refractivity contribution < 1.29 is 37.6 Å². The molecule has 11 heteroatoms. The van der Waals surface area contributed by atoms with E-state index in [1.807, 2.05) is 0 Å². The summed E-state index contributed by atoms with van der Waals surface area (Å²) in [6, 6.07) is 5.09. The molecule has 1 aromatic rings. The number of rotatable bonds is 4. The van der Waals surface area contributed by atoms with Gasteiger partial charge in [0.25, 0.3) is 23.6 Å². The van der Waals surface area contributed by atoms with Gasteiger partial charge in [-0.25, -0.2) is 13.9 Å². The number of imide groups is 2. The van der Waals surface area contributed by atoms with Crippen LogP contribution < -0.4 is 4.90 Å². The van der Waals surface area contributed by atoms with Crippen molar-refractivity contribution in [2.75, 3.05) is 4.90 Å². The lowest BCUT2D eigenvalue weighted by Crippen LogP contribution is -2.36. The maximum absolute atomic E-state index is 12.1. The molecule has 0 bridgehead atoms. The molecule has 140 valence electrons. The third kappa shape index (κ3) is 3.37. The van der Waals surface area contributed by atoms with E-state index in [1.54, 1.807) is 0 Å².